The standard InChI is InChI=1S/C30H57NS/c1-24(2)13-10-14-26(5)15-11-16-27(6)17-12-18-28(7)21-22-32-23-30(9)31-29(8)20-19-25(3)4/h21,24,26-27,30-31H,3,8,10-20,22-23H2,1-2,4-7,9H3/b28-21+. The van der Waals surface area contributed by atoms with E-state index in [2.05, 4.69) is 73.0 Å². The van der Waals surface area contributed by atoms with Gasteiger partial charge in [0.1, 0.15) is 0 Å². The van der Waals surface area contributed by atoms with E-state index in [0.29, 0.717) is 6.04 Å². The molecule has 188 valence electrons. The van der Waals surface area contributed by atoms with Crippen molar-refractivity contribution in [3.05, 3.63) is 36.1 Å². The van der Waals surface area contributed by atoms with E-state index < -0.39 is 0 Å². The SMILES string of the molecule is C=C(C)CCC(=C)NC(C)CSC/C=C(\C)CCCC(C)CCCC(C)CCCC(C)C. The van der Waals surface area contributed by atoms with Gasteiger partial charge in [-0.2, -0.15) is 11.8 Å². The summed E-state index contributed by atoms with van der Waals surface area (Å²) in [5, 5.41) is 3.53. The highest BCUT2D eigenvalue weighted by molar-refractivity contribution is 7.99. The van der Waals surface area contributed by atoms with Crippen LogP contribution < -0.4 is 5.32 Å². The molecular weight excluding hydrogens is 406 g/mol. The normalized spacial score (nSPS) is 14.9. The Morgan fingerprint density at radius 2 is 1.34 bits per heavy atom. The van der Waals surface area contributed by atoms with Crippen LogP contribution in [0.5, 0.6) is 0 Å². The maximum Gasteiger partial charge on any atom is 0.0320 e. The number of hydrogen-bond donors (Lipinski definition) is 1. The first-order valence-electron chi connectivity index (χ1n) is 13.4. The third-order valence-electron chi connectivity index (χ3n) is 6.36. The lowest BCUT2D eigenvalue weighted by Gasteiger charge is -2.16. The number of nitrogens with one attached hydrogen (secondary N) is 1. The van der Waals surface area contributed by atoms with Crippen molar-refractivity contribution in [3.8, 4) is 0 Å². The van der Waals surface area contributed by atoms with Crippen molar-refractivity contribution < 1.29 is 0 Å². The molecule has 0 radical (unpaired) electrons. The zero-order valence-corrected chi connectivity index (χ0v) is 23.7. The van der Waals surface area contributed by atoms with E-state index in [4.69, 9.17) is 0 Å². The first-order chi connectivity index (χ1) is 15.1. The monoisotopic (exact) mass is 463 g/mol. The Balaban J connectivity index is 3.76. The Morgan fingerprint density at radius 1 is 0.781 bits per heavy atom. The molecule has 0 bridgehead atoms. The van der Waals surface area contributed by atoms with Crippen LogP contribution in [0.15, 0.2) is 36.1 Å². The zero-order chi connectivity index (χ0) is 24.4. The second-order valence-electron chi connectivity index (χ2n) is 11.1. The van der Waals surface area contributed by atoms with Gasteiger partial charge in [-0.15, -0.1) is 6.58 Å². The molecule has 3 unspecified atom stereocenters. The van der Waals surface area contributed by atoms with E-state index in [-0.39, 0.29) is 0 Å². The highest BCUT2D eigenvalue weighted by Gasteiger charge is 2.07. The van der Waals surface area contributed by atoms with Crippen LogP contribution in [0.4, 0.5) is 0 Å². The fourth-order valence-electron chi connectivity index (χ4n) is 4.08. The van der Waals surface area contributed by atoms with Crippen LogP contribution in [0.25, 0.3) is 0 Å². The van der Waals surface area contributed by atoms with Gasteiger partial charge < -0.3 is 5.32 Å². The maximum atomic E-state index is 4.14. The lowest BCUT2D eigenvalue weighted by molar-refractivity contribution is 0.389. The summed E-state index contributed by atoms with van der Waals surface area (Å²) >= 11 is 2.02. The van der Waals surface area contributed by atoms with Crippen LogP contribution in [0.3, 0.4) is 0 Å². The number of allylic oxidation sites excluding steroid dienone is 3. The molecule has 0 saturated carbocycles. The third-order valence-corrected chi connectivity index (χ3v) is 7.50. The quantitative estimate of drug-likeness (QED) is 0.134. The molecule has 0 aliphatic carbocycles. The van der Waals surface area contributed by atoms with Gasteiger partial charge in [-0.3, -0.25) is 0 Å². The van der Waals surface area contributed by atoms with Crippen molar-refractivity contribution in [3.63, 3.8) is 0 Å². The Morgan fingerprint density at radius 3 is 1.91 bits per heavy atom. The van der Waals surface area contributed by atoms with Gasteiger partial charge in [0.25, 0.3) is 0 Å². The van der Waals surface area contributed by atoms with Crippen molar-refractivity contribution in [1.82, 2.24) is 5.32 Å². The lowest BCUT2D eigenvalue weighted by atomic mass is 9.91. The minimum absolute atomic E-state index is 0.477. The predicted octanol–water partition coefficient (Wildman–Crippen LogP) is 9.95. The first-order valence-corrected chi connectivity index (χ1v) is 14.6. The molecule has 0 aliphatic rings. The molecule has 0 aromatic rings. The van der Waals surface area contributed by atoms with Crippen molar-refractivity contribution in [1.29, 1.82) is 0 Å². The minimum atomic E-state index is 0.477. The van der Waals surface area contributed by atoms with Crippen LogP contribution in [0, 0.1) is 17.8 Å². The van der Waals surface area contributed by atoms with E-state index in [1.54, 1.807) is 5.57 Å². The van der Waals surface area contributed by atoms with Gasteiger partial charge in [0.05, 0.1) is 0 Å². The van der Waals surface area contributed by atoms with Gasteiger partial charge in [0.2, 0.25) is 0 Å². The Hall–Kier alpha value is -0.630. The molecule has 0 aliphatic heterocycles. The molecule has 1 nitrogen and oxygen atoms in total. The van der Waals surface area contributed by atoms with Gasteiger partial charge >= 0.3 is 0 Å². The molecule has 0 spiro atoms. The summed E-state index contributed by atoms with van der Waals surface area (Å²) in [5.41, 5.74) is 3.93. The predicted molar refractivity (Wildman–Crippen MR) is 152 cm³/mol. The molecule has 0 rings (SSSR count). The van der Waals surface area contributed by atoms with Gasteiger partial charge in [-0.05, 0) is 64.2 Å². The van der Waals surface area contributed by atoms with Crippen molar-refractivity contribution in [2.45, 2.75) is 125 Å². The highest BCUT2D eigenvalue weighted by atomic mass is 32.2. The number of hydrogen-bond acceptors (Lipinski definition) is 2. The molecule has 0 fully saturated rings. The summed E-state index contributed by atoms with van der Waals surface area (Å²) < 4.78 is 0. The Bertz CT molecular complexity index is 519. The molecule has 0 aromatic carbocycles. The highest BCUT2D eigenvalue weighted by Crippen LogP contribution is 2.22. The fourth-order valence-corrected chi connectivity index (χ4v) is 5.06. The fraction of sp³-hybridized carbons (Fsp3) is 0.800. The lowest BCUT2D eigenvalue weighted by Crippen LogP contribution is -2.27. The molecule has 2 heteroatoms. The van der Waals surface area contributed by atoms with E-state index in [1.165, 1.54) is 63.4 Å². The maximum absolute atomic E-state index is 4.14. The van der Waals surface area contributed by atoms with E-state index in [0.717, 1.165) is 47.8 Å². The average Bonchev–Trinajstić information content (AvgIpc) is 2.69. The molecule has 32 heavy (non-hydrogen) atoms. The van der Waals surface area contributed by atoms with E-state index >= 15 is 0 Å². The topological polar surface area (TPSA) is 12.0 Å². The van der Waals surface area contributed by atoms with Gasteiger partial charge in [0, 0.05) is 23.2 Å². The average molecular weight is 464 g/mol. The van der Waals surface area contributed by atoms with Crippen LogP contribution in [0.2, 0.25) is 0 Å². The third kappa shape index (κ3) is 21.2. The summed E-state index contributed by atoms with van der Waals surface area (Å²) in [5.74, 6) is 4.91. The molecule has 3 atom stereocenters. The summed E-state index contributed by atoms with van der Waals surface area (Å²) in [4.78, 5) is 0. The second kappa shape index (κ2) is 19.8. The van der Waals surface area contributed by atoms with Crippen LogP contribution in [-0.2, 0) is 0 Å². The van der Waals surface area contributed by atoms with E-state index in [1.807, 2.05) is 11.8 Å². The summed E-state index contributed by atoms with van der Waals surface area (Å²) in [6.45, 7) is 24.3. The summed E-state index contributed by atoms with van der Waals surface area (Å²) in [7, 11) is 0. The van der Waals surface area contributed by atoms with Gasteiger partial charge in [0.15, 0.2) is 0 Å². The summed E-state index contributed by atoms with van der Waals surface area (Å²) in [6, 6.07) is 0.477. The largest absolute Gasteiger partial charge is 0.386 e. The molecule has 0 aromatic heterocycles. The smallest absolute Gasteiger partial charge is 0.0320 e. The first kappa shape index (κ1) is 31.4. The van der Waals surface area contributed by atoms with Crippen LogP contribution in [-0.4, -0.2) is 17.5 Å². The molecule has 0 saturated heterocycles. The van der Waals surface area contributed by atoms with Crippen molar-refractivity contribution >= 4 is 11.8 Å². The van der Waals surface area contributed by atoms with Crippen LogP contribution in [0.1, 0.15) is 119 Å². The summed E-state index contributed by atoms with van der Waals surface area (Å²) in [6.07, 6.45) is 17.0. The van der Waals surface area contributed by atoms with Crippen molar-refractivity contribution in [2.24, 2.45) is 17.8 Å². The zero-order valence-electron chi connectivity index (χ0n) is 22.9. The second-order valence-corrected chi connectivity index (χ2v) is 12.1. The number of thioether (sulfide) groups is 1. The molecule has 1 N–H and O–H groups in total. The van der Waals surface area contributed by atoms with Gasteiger partial charge in [-0.1, -0.05) is 96.4 Å². The minimum Gasteiger partial charge on any atom is -0.386 e. The van der Waals surface area contributed by atoms with Crippen LogP contribution >= 0.6 is 11.8 Å². The Kier molecular flexibility index (Phi) is 19.4. The van der Waals surface area contributed by atoms with E-state index in [9.17, 15) is 0 Å². The number of rotatable bonds is 21. The van der Waals surface area contributed by atoms with Crippen molar-refractivity contribution in [2.75, 3.05) is 11.5 Å². The molecule has 0 heterocycles. The molecule has 0 amide bonds. The van der Waals surface area contributed by atoms with Gasteiger partial charge in [-0.25, -0.2) is 0 Å². The molecular formula is C30H57NS. The Labute approximate surface area is 207 Å².